The Balaban J connectivity index is 1.94. The number of hydrogen-bond acceptors (Lipinski definition) is 5. The first kappa shape index (κ1) is 19.3. The molecular formula is C18H19ClN2O3S. The second-order valence-corrected chi connectivity index (χ2v) is 6.61. The number of halogens is 1. The maximum Gasteiger partial charge on any atom is 0.340 e. The molecule has 0 aliphatic heterocycles. The van der Waals surface area contributed by atoms with Crippen molar-refractivity contribution in [1.82, 2.24) is 10.3 Å². The van der Waals surface area contributed by atoms with Gasteiger partial charge in [-0.05, 0) is 43.7 Å². The van der Waals surface area contributed by atoms with E-state index in [1.54, 1.807) is 37.4 Å². The van der Waals surface area contributed by atoms with E-state index >= 15 is 0 Å². The van der Waals surface area contributed by atoms with Crippen molar-refractivity contribution in [3.63, 3.8) is 0 Å². The van der Waals surface area contributed by atoms with E-state index in [2.05, 4.69) is 10.3 Å². The van der Waals surface area contributed by atoms with Gasteiger partial charge in [-0.25, -0.2) is 9.78 Å². The lowest BCUT2D eigenvalue weighted by atomic mass is 10.1. The molecule has 2 aromatic rings. The molecule has 25 heavy (non-hydrogen) atoms. The largest absolute Gasteiger partial charge is 0.462 e. The molecule has 0 unspecified atom stereocenters. The van der Waals surface area contributed by atoms with Gasteiger partial charge in [0.25, 0.3) is 0 Å². The van der Waals surface area contributed by atoms with E-state index < -0.39 is 5.97 Å². The third-order valence-corrected chi connectivity index (χ3v) is 4.61. The highest BCUT2D eigenvalue weighted by atomic mass is 35.5. The number of nitrogens with zero attached hydrogens (tertiary/aromatic N) is 1. The van der Waals surface area contributed by atoms with Crippen LogP contribution in [0, 0.1) is 0 Å². The van der Waals surface area contributed by atoms with Crippen LogP contribution in [0.2, 0.25) is 5.02 Å². The van der Waals surface area contributed by atoms with Crippen LogP contribution in [0.1, 0.15) is 35.8 Å². The lowest BCUT2D eigenvalue weighted by Crippen LogP contribution is -2.28. The fourth-order valence-electron chi connectivity index (χ4n) is 2.12. The monoisotopic (exact) mass is 378 g/mol. The van der Waals surface area contributed by atoms with Crippen LogP contribution in [0.25, 0.3) is 0 Å². The number of hydrogen-bond donors (Lipinski definition) is 1. The van der Waals surface area contributed by atoms with Crippen LogP contribution in [0.3, 0.4) is 0 Å². The van der Waals surface area contributed by atoms with Crippen LogP contribution >= 0.6 is 23.4 Å². The van der Waals surface area contributed by atoms with Gasteiger partial charge in [-0.2, -0.15) is 0 Å². The Kier molecular flexibility index (Phi) is 7.28. The maximum atomic E-state index is 12.2. The Morgan fingerprint density at radius 1 is 1.28 bits per heavy atom. The molecule has 132 valence electrons. The zero-order chi connectivity index (χ0) is 18.2. The molecule has 1 heterocycles. The van der Waals surface area contributed by atoms with Crippen LogP contribution in [-0.4, -0.2) is 29.2 Å². The van der Waals surface area contributed by atoms with Gasteiger partial charge in [0.2, 0.25) is 5.91 Å². The first-order valence-electron chi connectivity index (χ1n) is 7.81. The summed E-state index contributed by atoms with van der Waals surface area (Å²) in [6, 6.07) is 10.5. The van der Waals surface area contributed by atoms with Crippen LogP contribution in [0.15, 0.2) is 47.6 Å². The molecule has 1 aromatic carbocycles. The maximum absolute atomic E-state index is 12.2. The smallest absolute Gasteiger partial charge is 0.340 e. The number of carbonyl (C=O) groups excluding carboxylic acids is 2. The summed E-state index contributed by atoms with van der Waals surface area (Å²) >= 11 is 7.07. The minimum atomic E-state index is -0.437. The SMILES string of the molecule is CCOC(=O)c1cccnc1SCC(=O)N[C@@H](C)c1ccc(Cl)cc1. The van der Waals surface area contributed by atoms with Crippen molar-refractivity contribution >= 4 is 35.2 Å². The van der Waals surface area contributed by atoms with Crippen LogP contribution < -0.4 is 5.32 Å². The van der Waals surface area contributed by atoms with Gasteiger partial charge >= 0.3 is 5.97 Å². The first-order valence-corrected chi connectivity index (χ1v) is 9.17. The Hall–Kier alpha value is -2.05. The molecular weight excluding hydrogens is 360 g/mol. The van der Waals surface area contributed by atoms with Gasteiger partial charge in [0.1, 0.15) is 5.03 Å². The highest BCUT2D eigenvalue weighted by molar-refractivity contribution is 8.00. The van der Waals surface area contributed by atoms with E-state index in [1.807, 2.05) is 19.1 Å². The summed E-state index contributed by atoms with van der Waals surface area (Å²) in [4.78, 5) is 28.3. The van der Waals surface area contributed by atoms with Crippen molar-refractivity contribution in [2.24, 2.45) is 0 Å². The van der Waals surface area contributed by atoms with E-state index in [4.69, 9.17) is 16.3 Å². The van der Waals surface area contributed by atoms with Crippen LogP contribution in [0.4, 0.5) is 0 Å². The van der Waals surface area contributed by atoms with Gasteiger partial charge in [-0.3, -0.25) is 4.79 Å². The molecule has 0 saturated heterocycles. The minimum Gasteiger partial charge on any atom is -0.462 e. The highest BCUT2D eigenvalue weighted by Gasteiger charge is 2.16. The van der Waals surface area contributed by atoms with Crippen LogP contribution in [0.5, 0.6) is 0 Å². The Morgan fingerprint density at radius 3 is 2.68 bits per heavy atom. The van der Waals surface area contributed by atoms with Gasteiger partial charge in [0.05, 0.1) is 24.0 Å². The zero-order valence-corrected chi connectivity index (χ0v) is 15.6. The van der Waals surface area contributed by atoms with Crippen molar-refractivity contribution in [3.8, 4) is 0 Å². The zero-order valence-electron chi connectivity index (χ0n) is 14.0. The number of thioether (sulfide) groups is 1. The average Bonchev–Trinajstić information content (AvgIpc) is 2.61. The lowest BCUT2D eigenvalue weighted by molar-refractivity contribution is -0.119. The first-order chi connectivity index (χ1) is 12.0. The molecule has 2 rings (SSSR count). The van der Waals surface area contributed by atoms with E-state index in [0.29, 0.717) is 15.6 Å². The number of nitrogens with one attached hydrogen (secondary N) is 1. The molecule has 0 bridgehead atoms. The molecule has 1 aromatic heterocycles. The number of carbonyl (C=O) groups is 2. The normalized spacial score (nSPS) is 11.6. The van der Waals surface area contributed by atoms with Gasteiger partial charge in [-0.1, -0.05) is 35.5 Å². The van der Waals surface area contributed by atoms with Crippen molar-refractivity contribution in [2.45, 2.75) is 24.9 Å². The summed E-state index contributed by atoms with van der Waals surface area (Å²) in [6.45, 7) is 3.93. The fraction of sp³-hybridized carbons (Fsp3) is 0.278. The molecule has 0 aliphatic carbocycles. The molecule has 1 atom stereocenters. The molecule has 0 radical (unpaired) electrons. The van der Waals surface area contributed by atoms with Gasteiger partial charge in [0, 0.05) is 11.2 Å². The van der Waals surface area contributed by atoms with E-state index in [9.17, 15) is 9.59 Å². The summed E-state index contributed by atoms with van der Waals surface area (Å²) in [7, 11) is 0. The summed E-state index contributed by atoms with van der Waals surface area (Å²) < 4.78 is 5.00. The number of pyridine rings is 1. The predicted octanol–water partition coefficient (Wildman–Crippen LogP) is 3.88. The fourth-order valence-corrected chi connectivity index (χ4v) is 3.04. The summed E-state index contributed by atoms with van der Waals surface area (Å²) in [5.41, 5.74) is 1.33. The van der Waals surface area contributed by atoms with Crippen LogP contribution in [-0.2, 0) is 9.53 Å². The minimum absolute atomic E-state index is 0.140. The van der Waals surface area contributed by atoms with Gasteiger partial charge in [0.15, 0.2) is 0 Å². The number of esters is 1. The molecule has 7 heteroatoms. The van der Waals surface area contributed by atoms with E-state index in [1.165, 1.54) is 11.8 Å². The molecule has 0 spiro atoms. The summed E-state index contributed by atoms with van der Waals surface area (Å²) in [5.74, 6) is -0.428. The Labute approximate surface area is 156 Å². The highest BCUT2D eigenvalue weighted by Crippen LogP contribution is 2.21. The number of rotatable bonds is 7. The Morgan fingerprint density at radius 2 is 2.00 bits per heavy atom. The number of benzene rings is 1. The van der Waals surface area contributed by atoms with E-state index in [-0.39, 0.29) is 24.3 Å². The third kappa shape index (κ3) is 5.76. The quantitative estimate of drug-likeness (QED) is 0.585. The number of ether oxygens (including phenoxy) is 1. The van der Waals surface area contributed by atoms with Crippen molar-refractivity contribution in [2.75, 3.05) is 12.4 Å². The van der Waals surface area contributed by atoms with E-state index in [0.717, 1.165) is 5.56 Å². The third-order valence-electron chi connectivity index (χ3n) is 3.35. The predicted molar refractivity (Wildman–Crippen MR) is 98.9 cm³/mol. The van der Waals surface area contributed by atoms with Gasteiger partial charge in [-0.15, -0.1) is 0 Å². The van der Waals surface area contributed by atoms with Gasteiger partial charge < -0.3 is 10.1 Å². The molecule has 0 aliphatic rings. The average molecular weight is 379 g/mol. The topological polar surface area (TPSA) is 68.3 Å². The molecule has 1 amide bonds. The molecule has 1 N–H and O–H groups in total. The second-order valence-electron chi connectivity index (χ2n) is 5.21. The Bertz CT molecular complexity index is 737. The lowest BCUT2D eigenvalue weighted by Gasteiger charge is -2.14. The van der Waals surface area contributed by atoms with Crippen molar-refractivity contribution in [1.29, 1.82) is 0 Å². The summed E-state index contributed by atoms with van der Waals surface area (Å²) in [5, 5.41) is 4.05. The van der Waals surface area contributed by atoms with Crippen molar-refractivity contribution in [3.05, 3.63) is 58.7 Å². The molecule has 0 saturated carbocycles. The number of amides is 1. The standard InChI is InChI=1S/C18H19ClN2O3S/c1-3-24-18(23)15-5-4-10-20-17(15)25-11-16(22)21-12(2)13-6-8-14(19)9-7-13/h4-10,12H,3,11H2,1-2H3,(H,21,22)/t12-/m0/s1. The van der Waals surface area contributed by atoms with Crippen molar-refractivity contribution < 1.29 is 14.3 Å². The summed E-state index contributed by atoms with van der Waals surface area (Å²) in [6.07, 6.45) is 1.58. The second kappa shape index (κ2) is 9.44. The molecule has 5 nitrogen and oxygen atoms in total. The number of aromatic nitrogens is 1. The molecule has 0 fully saturated rings.